The highest BCUT2D eigenvalue weighted by Crippen LogP contribution is 2.25. The summed E-state index contributed by atoms with van der Waals surface area (Å²) in [7, 11) is 2.55. The molecule has 0 aliphatic rings. The topological polar surface area (TPSA) is 57.5 Å². The molecule has 1 aromatic heterocycles. The van der Waals surface area contributed by atoms with Gasteiger partial charge in [-0.1, -0.05) is 6.07 Å². The van der Waals surface area contributed by atoms with Gasteiger partial charge in [0.05, 0.1) is 14.2 Å². The number of ether oxygens (including phenoxy) is 2. The Labute approximate surface area is 120 Å². The molecule has 0 bridgehead atoms. The van der Waals surface area contributed by atoms with Gasteiger partial charge in [0.1, 0.15) is 17.0 Å². The Bertz CT molecular complexity index is 752. The number of carbonyl (C=O) groups is 1. The van der Waals surface area contributed by atoms with Crippen molar-refractivity contribution in [3.63, 3.8) is 0 Å². The van der Waals surface area contributed by atoms with Crippen molar-refractivity contribution in [3.05, 3.63) is 57.8 Å². The quantitative estimate of drug-likeness (QED) is 0.812. The SMILES string of the molecule is COC(=O)c1ccc(C)n(-c2c(F)cccc2OC)c1=O. The van der Waals surface area contributed by atoms with Crippen LogP contribution in [0.25, 0.3) is 5.69 Å². The van der Waals surface area contributed by atoms with Crippen LogP contribution in [-0.2, 0) is 4.74 Å². The molecule has 0 aliphatic carbocycles. The molecule has 110 valence electrons. The number of nitrogens with zero attached hydrogens (tertiary/aromatic N) is 1. The minimum Gasteiger partial charge on any atom is -0.494 e. The van der Waals surface area contributed by atoms with E-state index in [4.69, 9.17) is 4.74 Å². The highest BCUT2D eigenvalue weighted by atomic mass is 19.1. The summed E-state index contributed by atoms with van der Waals surface area (Å²) < 4.78 is 24.9. The van der Waals surface area contributed by atoms with Crippen molar-refractivity contribution in [2.75, 3.05) is 14.2 Å². The molecule has 0 N–H and O–H groups in total. The van der Waals surface area contributed by atoms with Gasteiger partial charge in [-0.15, -0.1) is 0 Å². The second-order valence-corrected chi connectivity index (χ2v) is 4.31. The summed E-state index contributed by atoms with van der Waals surface area (Å²) in [5.41, 5.74) is -0.400. The fraction of sp³-hybridized carbons (Fsp3) is 0.200. The van der Waals surface area contributed by atoms with Crippen LogP contribution in [0.15, 0.2) is 35.1 Å². The van der Waals surface area contributed by atoms with E-state index < -0.39 is 17.3 Å². The van der Waals surface area contributed by atoms with Gasteiger partial charge in [0, 0.05) is 5.69 Å². The van der Waals surface area contributed by atoms with Crippen LogP contribution >= 0.6 is 0 Å². The summed E-state index contributed by atoms with van der Waals surface area (Å²) in [6.45, 7) is 1.63. The fourth-order valence-electron chi connectivity index (χ4n) is 2.05. The van der Waals surface area contributed by atoms with E-state index in [0.29, 0.717) is 5.69 Å². The summed E-state index contributed by atoms with van der Waals surface area (Å²) in [4.78, 5) is 24.1. The predicted octanol–water partition coefficient (Wildman–Crippen LogP) is 2.08. The van der Waals surface area contributed by atoms with E-state index in [1.807, 2.05) is 0 Å². The monoisotopic (exact) mass is 291 g/mol. The Morgan fingerprint density at radius 1 is 1.19 bits per heavy atom. The number of para-hydroxylation sites is 1. The smallest absolute Gasteiger partial charge is 0.343 e. The molecule has 0 unspecified atom stereocenters. The molecule has 21 heavy (non-hydrogen) atoms. The number of hydrogen-bond donors (Lipinski definition) is 0. The number of methoxy groups -OCH3 is 2. The molecule has 0 amide bonds. The summed E-state index contributed by atoms with van der Waals surface area (Å²) >= 11 is 0. The molecule has 0 saturated carbocycles. The van der Waals surface area contributed by atoms with E-state index in [-0.39, 0.29) is 17.0 Å². The standard InChI is InChI=1S/C15H14FNO4/c1-9-7-8-10(15(19)21-3)14(18)17(9)13-11(16)5-4-6-12(13)20-2/h4-8H,1-3H3. The summed E-state index contributed by atoms with van der Waals surface area (Å²) in [6, 6.07) is 7.12. The van der Waals surface area contributed by atoms with Gasteiger partial charge in [0.2, 0.25) is 0 Å². The lowest BCUT2D eigenvalue weighted by Gasteiger charge is -2.15. The Morgan fingerprint density at radius 3 is 2.52 bits per heavy atom. The number of carbonyl (C=O) groups excluding carboxylic acids is 1. The van der Waals surface area contributed by atoms with Gasteiger partial charge in [0.25, 0.3) is 5.56 Å². The Balaban J connectivity index is 2.82. The van der Waals surface area contributed by atoms with Crippen LogP contribution in [0.4, 0.5) is 4.39 Å². The fourth-order valence-corrected chi connectivity index (χ4v) is 2.05. The van der Waals surface area contributed by atoms with Crippen molar-refractivity contribution in [2.45, 2.75) is 6.92 Å². The van der Waals surface area contributed by atoms with Crippen LogP contribution in [0.3, 0.4) is 0 Å². The van der Waals surface area contributed by atoms with Crippen molar-refractivity contribution in [1.82, 2.24) is 4.57 Å². The highest BCUT2D eigenvalue weighted by molar-refractivity contribution is 5.89. The van der Waals surface area contributed by atoms with E-state index in [0.717, 1.165) is 4.57 Å². The third-order valence-corrected chi connectivity index (χ3v) is 3.08. The zero-order valence-electron chi connectivity index (χ0n) is 11.8. The first-order chi connectivity index (χ1) is 10.0. The first-order valence-corrected chi connectivity index (χ1v) is 6.15. The largest absolute Gasteiger partial charge is 0.494 e. The van der Waals surface area contributed by atoms with Gasteiger partial charge in [-0.05, 0) is 31.2 Å². The maximum absolute atomic E-state index is 14.1. The van der Waals surface area contributed by atoms with Crippen molar-refractivity contribution in [3.8, 4) is 11.4 Å². The molecule has 5 nitrogen and oxygen atoms in total. The normalized spacial score (nSPS) is 10.3. The number of aromatic nitrogens is 1. The lowest BCUT2D eigenvalue weighted by atomic mass is 10.2. The summed E-state index contributed by atoms with van der Waals surface area (Å²) in [5.74, 6) is -1.20. The molecule has 1 heterocycles. The third-order valence-electron chi connectivity index (χ3n) is 3.08. The van der Waals surface area contributed by atoms with Gasteiger partial charge in [-0.25, -0.2) is 9.18 Å². The average molecular weight is 291 g/mol. The number of esters is 1. The van der Waals surface area contributed by atoms with Crippen molar-refractivity contribution in [1.29, 1.82) is 0 Å². The molecule has 2 aromatic rings. The zero-order chi connectivity index (χ0) is 15.6. The Morgan fingerprint density at radius 2 is 1.90 bits per heavy atom. The molecule has 0 aliphatic heterocycles. The first-order valence-electron chi connectivity index (χ1n) is 6.15. The van der Waals surface area contributed by atoms with E-state index in [2.05, 4.69) is 4.74 Å². The van der Waals surface area contributed by atoms with E-state index in [1.54, 1.807) is 13.0 Å². The molecule has 6 heteroatoms. The van der Waals surface area contributed by atoms with Crippen LogP contribution in [0.2, 0.25) is 0 Å². The summed E-state index contributed by atoms with van der Waals surface area (Å²) in [5, 5.41) is 0. The van der Waals surface area contributed by atoms with Crippen molar-refractivity contribution < 1.29 is 18.7 Å². The van der Waals surface area contributed by atoms with Crippen LogP contribution in [0, 0.1) is 12.7 Å². The molecular formula is C15H14FNO4. The van der Waals surface area contributed by atoms with E-state index >= 15 is 0 Å². The number of hydrogen-bond acceptors (Lipinski definition) is 4. The zero-order valence-corrected chi connectivity index (χ0v) is 11.8. The van der Waals surface area contributed by atoms with Crippen LogP contribution in [-0.4, -0.2) is 24.8 Å². The summed E-state index contributed by atoms with van der Waals surface area (Å²) in [6.07, 6.45) is 0. The van der Waals surface area contributed by atoms with Crippen molar-refractivity contribution >= 4 is 5.97 Å². The molecule has 0 saturated heterocycles. The maximum Gasteiger partial charge on any atom is 0.343 e. The molecule has 0 atom stereocenters. The number of halogens is 1. The van der Waals surface area contributed by atoms with Crippen LogP contribution in [0.1, 0.15) is 16.1 Å². The van der Waals surface area contributed by atoms with E-state index in [9.17, 15) is 14.0 Å². The minimum absolute atomic E-state index is 0.0340. The lowest BCUT2D eigenvalue weighted by Crippen LogP contribution is -2.28. The first kappa shape index (κ1) is 14.8. The second kappa shape index (κ2) is 5.78. The van der Waals surface area contributed by atoms with Gasteiger partial charge < -0.3 is 9.47 Å². The van der Waals surface area contributed by atoms with Gasteiger partial charge >= 0.3 is 5.97 Å². The van der Waals surface area contributed by atoms with Gasteiger partial charge in [0.15, 0.2) is 5.82 Å². The molecule has 1 aromatic carbocycles. The second-order valence-electron chi connectivity index (χ2n) is 4.31. The van der Waals surface area contributed by atoms with Crippen molar-refractivity contribution in [2.24, 2.45) is 0 Å². The molecule has 0 spiro atoms. The third kappa shape index (κ3) is 2.52. The van der Waals surface area contributed by atoms with Crippen LogP contribution < -0.4 is 10.3 Å². The lowest BCUT2D eigenvalue weighted by molar-refractivity contribution is 0.0598. The maximum atomic E-state index is 14.1. The number of benzene rings is 1. The van der Waals surface area contributed by atoms with Gasteiger partial charge in [-0.3, -0.25) is 9.36 Å². The molecule has 0 fully saturated rings. The molecule has 2 rings (SSSR count). The minimum atomic E-state index is -0.774. The number of pyridine rings is 1. The number of rotatable bonds is 3. The molecular weight excluding hydrogens is 277 g/mol. The van der Waals surface area contributed by atoms with Crippen LogP contribution in [0.5, 0.6) is 5.75 Å². The Hall–Kier alpha value is -2.63. The average Bonchev–Trinajstić information content (AvgIpc) is 2.48. The predicted molar refractivity (Wildman–Crippen MR) is 74.6 cm³/mol. The Kier molecular flexibility index (Phi) is 4.07. The number of aryl methyl sites for hydroxylation is 1. The highest BCUT2D eigenvalue weighted by Gasteiger charge is 2.19. The molecule has 0 radical (unpaired) electrons. The van der Waals surface area contributed by atoms with E-state index in [1.165, 1.54) is 38.5 Å². The van der Waals surface area contributed by atoms with Gasteiger partial charge in [-0.2, -0.15) is 0 Å².